The van der Waals surface area contributed by atoms with Crippen LogP contribution in [0.3, 0.4) is 0 Å². The number of anilines is 1. The number of carbonyl (C=O) groups excluding carboxylic acids is 1. The van der Waals surface area contributed by atoms with Gasteiger partial charge in [-0.2, -0.15) is 4.98 Å². The second kappa shape index (κ2) is 8.76. The molecule has 0 spiro atoms. The number of ether oxygens (including phenoxy) is 3. The summed E-state index contributed by atoms with van der Waals surface area (Å²) in [4.78, 5) is 18.3. The van der Waals surface area contributed by atoms with Crippen molar-refractivity contribution in [2.24, 2.45) is 5.41 Å². The first kappa shape index (κ1) is 23.0. The smallest absolute Gasteiger partial charge is 0.226 e. The van der Waals surface area contributed by atoms with E-state index in [4.69, 9.17) is 24.3 Å². The van der Waals surface area contributed by atoms with Gasteiger partial charge in [0.2, 0.25) is 5.95 Å². The Morgan fingerprint density at radius 3 is 2.49 bits per heavy atom. The lowest BCUT2D eigenvalue weighted by Crippen LogP contribution is -2.36. The monoisotopic (exact) mass is 474 g/mol. The van der Waals surface area contributed by atoms with E-state index in [2.05, 4.69) is 19.2 Å². The molecule has 2 aromatic carbocycles. The lowest BCUT2D eigenvalue weighted by Gasteiger charge is -2.38. The van der Waals surface area contributed by atoms with Crippen LogP contribution < -0.4 is 19.5 Å². The van der Waals surface area contributed by atoms with E-state index in [1.807, 2.05) is 54.1 Å². The average Bonchev–Trinajstić information content (AvgIpc) is 3.26. The summed E-state index contributed by atoms with van der Waals surface area (Å²) in [5.74, 6) is 3.33. The first-order valence-electron chi connectivity index (χ1n) is 11.8. The molecule has 8 heteroatoms. The molecule has 0 saturated heterocycles. The zero-order valence-electron chi connectivity index (χ0n) is 20.7. The maximum atomic E-state index is 13.5. The Labute approximate surface area is 204 Å². The van der Waals surface area contributed by atoms with Crippen LogP contribution in [0.4, 0.5) is 5.95 Å². The quantitative estimate of drug-likeness (QED) is 0.537. The van der Waals surface area contributed by atoms with Crippen molar-refractivity contribution in [1.29, 1.82) is 0 Å². The standard InChI is InChI=1S/C27H30N4O4/c1-6-35-18-10-7-16(8-11-18)25-29-26-28-19-14-27(2,3)15-20(32)23(19)24(31(26)30-25)17-9-12-21(33-4)22(13-17)34-5/h7-13,24H,6,14-15H2,1-5H3,(H,28,29,30). The van der Waals surface area contributed by atoms with E-state index in [1.54, 1.807) is 14.2 Å². The summed E-state index contributed by atoms with van der Waals surface area (Å²) in [5, 5.41) is 8.28. The fraction of sp³-hybridized carbons (Fsp3) is 0.370. The van der Waals surface area contributed by atoms with E-state index >= 15 is 0 Å². The molecule has 35 heavy (non-hydrogen) atoms. The molecule has 1 aromatic heterocycles. The number of ketones is 1. The molecule has 0 bridgehead atoms. The lowest BCUT2D eigenvalue weighted by atomic mass is 9.73. The predicted octanol–water partition coefficient (Wildman–Crippen LogP) is 5.02. The molecule has 0 saturated carbocycles. The largest absolute Gasteiger partial charge is 0.494 e. The van der Waals surface area contributed by atoms with Gasteiger partial charge in [-0.05, 0) is 60.7 Å². The number of benzene rings is 2. The number of nitrogens with zero attached hydrogens (tertiary/aromatic N) is 3. The maximum Gasteiger partial charge on any atom is 0.226 e. The number of rotatable bonds is 6. The van der Waals surface area contributed by atoms with Crippen LogP contribution >= 0.6 is 0 Å². The van der Waals surface area contributed by atoms with E-state index in [0.717, 1.165) is 34.6 Å². The van der Waals surface area contributed by atoms with Crippen molar-refractivity contribution in [1.82, 2.24) is 14.8 Å². The fourth-order valence-electron chi connectivity index (χ4n) is 4.93. The summed E-state index contributed by atoms with van der Waals surface area (Å²) >= 11 is 0. The number of hydrogen-bond donors (Lipinski definition) is 1. The summed E-state index contributed by atoms with van der Waals surface area (Å²) in [6, 6.07) is 13.0. The Bertz CT molecular complexity index is 1310. The molecular formula is C27H30N4O4. The minimum Gasteiger partial charge on any atom is -0.494 e. The van der Waals surface area contributed by atoms with Crippen LogP contribution in [0.1, 0.15) is 45.2 Å². The summed E-state index contributed by atoms with van der Waals surface area (Å²) in [5.41, 5.74) is 3.25. The normalized spacial score (nSPS) is 18.4. The van der Waals surface area contributed by atoms with Gasteiger partial charge in [0.25, 0.3) is 0 Å². The van der Waals surface area contributed by atoms with Crippen LogP contribution in [0.25, 0.3) is 11.4 Å². The minimum absolute atomic E-state index is 0.118. The molecule has 1 N–H and O–H groups in total. The van der Waals surface area contributed by atoms with Crippen molar-refractivity contribution in [3.05, 3.63) is 59.3 Å². The molecule has 3 aromatic rings. The number of carbonyl (C=O) groups is 1. The lowest BCUT2D eigenvalue weighted by molar-refractivity contribution is -0.118. The van der Waals surface area contributed by atoms with Crippen molar-refractivity contribution in [3.63, 3.8) is 0 Å². The summed E-state index contributed by atoms with van der Waals surface area (Å²) in [6.07, 6.45) is 1.23. The molecule has 1 atom stereocenters. The summed E-state index contributed by atoms with van der Waals surface area (Å²) in [6.45, 7) is 6.80. The van der Waals surface area contributed by atoms with Gasteiger partial charge in [-0.3, -0.25) is 4.79 Å². The van der Waals surface area contributed by atoms with E-state index in [1.165, 1.54) is 0 Å². The van der Waals surface area contributed by atoms with Crippen molar-refractivity contribution in [2.45, 2.75) is 39.7 Å². The van der Waals surface area contributed by atoms with Crippen molar-refractivity contribution in [3.8, 4) is 28.6 Å². The molecule has 1 aliphatic carbocycles. The number of aromatic nitrogens is 3. The van der Waals surface area contributed by atoms with Gasteiger partial charge in [-0.15, -0.1) is 5.10 Å². The third-order valence-electron chi connectivity index (χ3n) is 6.48. The summed E-state index contributed by atoms with van der Waals surface area (Å²) < 4.78 is 18.4. The van der Waals surface area contributed by atoms with E-state index < -0.39 is 6.04 Å². The molecule has 1 unspecified atom stereocenters. The van der Waals surface area contributed by atoms with Crippen LogP contribution in [0.2, 0.25) is 0 Å². The number of hydrogen-bond acceptors (Lipinski definition) is 7. The molecule has 1 aliphatic heterocycles. The summed E-state index contributed by atoms with van der Waals surface area (Å²) in [7, 11) is 3.21. The zero-order valence-corrected chi connectivity index (χ0v) is 20.7. The van der Waals surface area contributed by atoms with Gasteiger partial charge in [0.05, 0.1) is 20.8 Å². The van der Waals surface area contributed by atoms with Crippen molar-refractivity contribution < 1.29 is 19.0 Å². The first-order valence-corrected chi connectivity index (χ1v) is 11.8. The number of allylic oxidation sites excluding steroid dienone is 2. The third-order valence-corrected chi connectivity index (χ3v) is 6.48. The van der Waals surface area contributed by atoms with Gasteiger partial charge in [-0.1, -0.05) is 19.9 Å². The Hall–Kier alpha value is -3.81. The van der Waals surface area contributed by atoms with Gasteiger partial charge in [-0.25, -0.2) is 4.68 Å². The Morgan fingerprint density at radius 1 is 1.06 bits per heavy atom. The van der Waals surface area contributed by atoms with Crippen LogP contribution in [-0.2, 0) is 4.79 Å². The number of Topliss-reactive ketones (excluding diaryl/α,β-unsaturated/α-hetero) is 1. The average molecular weight is 475 g/mol. The van der Waals surface area contributed by atoms with Crippen molar-refractivity contribution >= 4 is 11.7 Å². The van der Waals surface area contributed by atoms with Crippen LogP contribution in [0.5, 0.6) is 17.2 Å². The third kappa shape index (κ3) is 4.13. The minimum atomic E-state index is -0.423. The van der Waals surface area contributed by atoms with Gasteiger partial charge in [0, 0.05) is 23.3 Å². The highest BCUT2D eigenvalue weighted by Crippen LogP contribution is 2.46. The van der Waals surface area contributed by atoms with Crippen LogP contribution in [-0.4, -0.2) is 41.4 Å². The molecule has 2 aliphatic rings. The fourth-order valence-corrected chi connectivity index (χ4v) is 4.93. The van der Waals surface area contributed by atoms with E-state index in [-0.39, 0.29) is 11.2 Å². The van der Waals surface area contributed by atoms with Gasteiger partial charge in [0.1, 0.15) is 11.8 Å². The highest BCUT2D eigenvalue weighted by molar-refractivity contribution is 6.00. The van der Waals surface area contributed by atoms with Gasteiger partial charge in [0.15, 0.2) is 23.1 Å². The molecule has 0 fully saturated rings. The predicted molar refractivity (Wildman–Crippen MR) is 133 cm³/mol. The second-order valence-corrected chi connectivity index (χ2v) is 9.64. The molecule has 0 amide bonds. The Balaban J connectivity index is 1.63. The van der Waals surface area contributed by atoms with E-state index in [9.17, 15) is 4.79 Å². The molecule has 5 rings (SSSR count). The van der Waals surface area contributed by atoms with Crippen molar-refractivity contribution in [2.75, 3.05) is 26.1 Å². The number of nitrogens with one attached hydrogen (secondary N) is 1. The van der Waals surface area contributed by atoms with E-state index in [0.29, 0.717) is 36.3 Å². The van der Waals surface area contributed by atoms with Gasteiger partial charge < -0.3 is 19.5 Å². The highest BCUT2D eigenvalue weighted by Gasteiger charge is 2.42. The molecule has 0 radical (unpaired) electrons. The Morgan fingerprint density at radius 2 is 1.80 bits per heavy atom. The topological polar surface area (TPSA) is 87.5 Å². The SMILES string of the molecule is CCOc1ccc(-c2nc3n(n2)C(c2ccc(OC)c(OC)c2)C2=C(CC(C)(C)CC2=O)N3)cc1. The molecular weight excluding hydrogens is 444 g/mol. The zero-order chi connectivity index (χ0) is 24.7. The molecule has 182 valence electrons. The van der Waals surface area contributed by atoms with Crippen LogP contribution in [0.15, 0.2) is 53.7 Å². The number of fused-ring (bicyclic) bond motifs is 1. The molecule has 8 nitrogen and oxygen atoms in total. The maximum absolute atomic E-state index is 13.5. The Kier molecular flexibility index (Phi) is 5.75. The number of methoxy groups -OCH3 is 2. The first-order chi connectivity index (χ1) is 16.8. The van der Waals surface area contributed by atoms with Crippen LogP contribution in [0, 0.1) is 5.41 Å². The second-order valence-electron chi connectivity index (χ2n) is 9.64. The van der Waals surface area contributed by atoms with Gasteiger partial charge >= 0.3 is 0 Å². The highest BCUT2D eigenvalue weighted by atomic mass is 16.5. The molecule has 2 heterocycles.